The normalized spacial score (nSPS) is 17.4. The van der Waals surface area contributed by atoms with Gasteiger partial charge in [0.2, 0.25) is 5.36 Å². The van der Waals surface area contributed by atoms with Crippen LogP contribution in [0.5, 0.6) is 0 Å². The third-order valence-electron chi connectivity index (χ3n) is 9.06. The van der Waals surface area contributed by atoms with Crippen molar-refractivity contribution in [1.82, 2.24) is 4.58 Å². The van der Waals surface area contributed by atoms with Crippen LogP contribution >= 0.6 is 0 Å². The number of rotatable bonds is 13. The van der Waals surface area contributed by atoms with Crippen molar-refractivity contribution in [2.45, 2.75) is 76.5 Å². The monoisotopic (exact) mass is 748 g/mol. The summed E-state index contributed by atoms with van der Waals surface area (Å²) in [5, 5.41) is 10.6. The fraction of sp³-hybridized carbons (Fsp3) is 0.405. The smallest absolute Gasteiger partial charge is 0.748 e. The van der Waals surface area contributed by atoms with Gasteiger partial charge in [0.25, 0.3) is 0 Å². The van der Waals surface area contributed by atoms with Gasteiger partial charge in [0.1, 0.15) is 34.7 Å². The summed E-state index contributed by atoms with van der Waals surface area (Å²) in [5.41, 5.74) is 2.43. The molecular formula is C37H45N2NaO9S2. The average molecular weight is 749 g/mol. The second-order valence-corrected chi connectivity index (χ2v) is 16.5. The quantitative estimate of drug-likeness (QED) is 0.119. The molecule has 0 saturated carbocycles. The van der Waals surface area contributed by atoms with E-state index in [1.807, 2.05) is 12.1 Å². The van der Waals surface area contributed by atoms with Gasteiger partial charge >= 0.3 is 35.5 Å². The summed E-state index contributed by atoms with van der Waals surface area (Å²) >= 11 is 0. The molecule has 1 aromatic carbocycles. The molecule has 0 amide bonds. The van der Waals surface area contributed by atoms with Crippen molar-refractivity contribution < 1.29 is 69.8 Å². The molecule has 0 saturated heterocycles. The molecule has 1 N–H and O–H groups in total. The first-order valence-corrected chi connectivity index (χ1v) is 19.5. The van der Waals surface area contributed by atoms with Crippen molar-refractivity contribution in [2.24, 2.45) is 0 Å². The number of carbonyl (C=O) groups is 1. The largest absolute Gasteiger partial charge is 1.00 e. The third kappa shape index (κ3) is 10.3. The number of benzene rings is 2. The van der Waals surface area contributed by atoms with Gasteiger partial charge in [-0.2, -0.15) is 0 Å². The zero-order chi connectivity index (χ0) is 37.1. The van der Waals surface area contributed by atoms with E-state index in [1.165, 1.54) is 18.2 Å². The Morgan fingerprint density at radius 1 is 1.00 bits per heavy atom. The van der Waals surface area contributed by atoms with Crippen LogP contribution in [0.1, 0.15) is 77.7 Å². The SMILES string of the molecule is CC[N+](CC)=c1ccc2c(C(C)(C)C)cc(/C=C/C=C/C=C3/N(CCCS(=O)(=O)[O-])c4ccc(S(=O)(=O)[O-])cc4C3(C)CCC(=O)O)oc-2c1.[Na+]. The molecule has 2 aliphatic heterocycles. The Balaban J connectivity index is 0.00000702. The zero-order valence-electron chi connectivity index (χ0n) is 30.3. The fourth-order valence-corrected chi connectivity index (χ4v) is 7.47. The van der Waals surface area contributed by atoms with Gasteiger partial charge in [-0.1, -0.05) is 39.0 Å². The number of carboxylic acid groups (broad SMARTS) is 1. The second-order valence-electron chi connectivity index (χ2n) is 13.6. The Morgan fingerprint density at radius 3 is 2.27 bits per heavy atom. The van der Waals surface area contributed by atoms with E-state index >= 15 is 0 Å². The van der Waals surface area contributed by atoms with E-state index < -0.39 is 42.3 Å². The summed E-state index contributed by atoms with van der Waals surface area (Å²) in [6.45, 7) is 14.2. The van der Waals surface area contributed by atoms with Gasteiger partial charge in [0.15, 0.2) is 0 Å². The van der Waals surface area contributed by atoms with Crippen molar-refractivity contribution in [3.05, 3.63) is 94.7 Å². The Bertz CT molecular complexity index is 2110. The van der Waals surface area contributed by atoms with E-state index in [1.54, 1.807) is 36.1 Å². The molecule has 3 aliphatic rings. The molecule has 11 nitrogen and oxygen atoms in total. The number of aliphatic carboxylic acids is 1. The van der Waals surface area contributed by atoms with Gasteiger partial charge in [0.05, 0.1) is 21.1 Å². The number of hydrogen-bond donors (Lipinski definition) is 1. The Labute approximate surface area is 323 Å². The van der Waals surface area contributed by atoms with Crippen LogP contribution in [0.4, 0.5) is 5.69 Å². The molecule has 0 aromatic heterocycles. The van der Waals surface area contributed by atoms with Crippen LogP contribution < -0.4 is 44.4 Å². The predicted octanol–water partition coefficient (Wildman–Crippen LogP) is 2.43. The maximum atomic E-state index is 11.9. The minimum absolute atomic E-state index is 0. The molecule has 1 aromatic rings. The van der Waals surface area contributed by atoms with Crippen molar-refractivity contribution in [3.63, 3.8) is 0 Å². The minimum Gasteiger partial charge on any atom is -0.748 e. The molecule has 1 unspecified atom stereocenters. The predicted molar refractivity (Wildman–Crippen MR) is 192 cm³/mol. The van der Waals surface area contributed by atoms with E-state index in [-0.39, 0.29) is 60.8 Å². The summed E-state index contributed by atoms with van der Waals surface area (Å²) in [6.07, 6.45) is 8.66. The zero-order valence-corrected chi connectivity index (χ0v) is 33.9. The van der Waals surface area contributed by atoms with E-state index in [0.29, 0.717) is 22.7 Å². The number of hydrogen-bond acceptors (Lipinski definition) is 9. The molecule has 0 fully saturated rings. The topological polar surface area (TPSA) is 171 Å². The number of allylic oxidation sites excluding steroid dienone is 5. The molecule has 1 aliphatic carbocycles. The van der Waals surface area contributed by atoms with Gasteiger partial charge in [-0.15, -0.1) is 0 Å². The van der Waals surface area contributed by atoms with Crippen molar-refractivity contribution in [1.29, 1.82) is 0 Å². The number of anilines is 1. The van der Waals surface area contributed by atoms with Crippen LogP contribution in [-0.4, -0.2) is 62.4 Å². The number of fused-ring (bicyclic) bond motifs is 2. The van der Waals surface area contributed by atoms with Crippen LogP contribution in [-0.2, 0) is 35.9 Å². The molecule has 0 bridgehead atoms. The molecule has 0 spiro atoms. The molecule has 1 atom stereocenters. The summed E-state index contributed by atoms with van der Waals surface area (Å²) in [4.78, 5) is 13.0. The first-order valence-electron chi connectivity index (χ1n) is 16.5. The molecule has 4 rings (SSSR count). The van der Waals surface area contributed by atoms with E-state index in [0.717, 1.165) is 35.3 Å². The van der Waals surface area contributed by atoms with Crippen molar-refractivity contribution >= 4 is 38.0 Å². The fourth-order valence-electron chi connectivity index (χ4n) is 6.49. The average Bonchev–Trinajstić information content (AvgIpc) is 3.25. The van der Waals surface area contributed by atoms with Gasteiger partial charge < -0.3 is 23.5 Å². The summed E-state index contributed by atoms with van der Waals surface area (Å²) in [5.74, 6) is -0.276. The van der Waals surface area contributed by atoms with E-state index in [9.17, 15) is 35.8 Å². The van der Waals surface area contributed by atoms with Crippen LogP contribution in [0.15, 0.2) is 81.8 Å². The summed E-state index contributed by atoms with van der Waals surface area (Å²) < 4.78 is 78.6. The van der Waals surface area contributed by atoms with Crippen molar-refractivity contribution in [3.8, 4) is 11.3 Å². The van der Waals surface area contributed by atoms with Gasteiger partial charge in [-0.3, -0.25) is 4.79 Å². The molecule has 51 heavy (non-hydrogen) atoms. The molecule has 0 radical (unpaired) electrons. The number of carboxylic acids is 1. The second kappa shape index (κ2) is 16.7. The summed E-state index contributed by atoms with van der Waals surface area (Å²) in [6, 6.07) is 12.2. The van der Waals surface area contributed by atoms with Gasteiger partial charge in [0, 0.05) is 47.1 Å². The Morgan fingerprint density at radius 2 is 1.69 bits per heavy atom. The third-order valence-corrected chi connectivity index (χ3v) is 10.7. The summed E-state index contributed by atoms with van der Waals surface area (Å²) in [7, 11) is -9.33. The van der Waals surface area contributed by atoms with Crippen LogP contribution in [0, 0.1) is 0 Å². The van der Waals surface area contributed by atoms with Gasteiger partial charge in [-0.05, 0) is 92.6 Å². The van der Waals surface area contributed by atoms with Gasteiger partial charge in [-0.25, -0.2) is 21.4 Å². The number of nitrogens with zero attached hydrogens (tertiary/aromatic N) is 2. The molecule has 270 valence electrons. The maximum absolute atomic E-state index is 11.9. The first kappa shape index (κ1) is 42.4. The first-order chi connectivity index (χ1) is 23.3. The molecule has 2 heterocycles. The van der Waals surface area contributed by atoms with Crippen LogP contribution in [0.25, 0.3) is 17.4 Å². The van der Waals surface area contributed by atoms with Crippen LogP contribution in [0.3, 0.4) is 0 Å². The maximum Gasteiger partial charge on any atom is 1.00 e. The van der Waals surface area contributed by atoms with Crippen LogP contribution in [0.2, 0.25) is 0 Å². The Kier molecular flexibility index (Phi) is 13.9. The Hall–Kier alpha value is -3.04. The van der Waals surface area contributed by atoms with E-state index in [4.69, 9.17) is 4.42 Å². The molecule has 14 heteroatoms. The standard InChI is InChI=1S/C37H46N2O9S2.Na/c1-7-38(8-2)26-15-17-29-30(36(3,4)5)24-27(48-33(29)23-26)13-10-9-11-14-34-37(6,20-19-35(40)41)31-25-28(50(45,46)47)16-18-32(31)39(34)21-12-22-49(42,43)44;/h9-11,13-18,23-25H,7-8,12,19-22H2,1-6H3,(H2-,40,41,42,43,44,45,46,47);/q;+1/p-1. The minimum atomic E-state index is -4.82. The van der Waals surface area contributed by atoms with E-state index in [2.05, 4.69) is 57.4 Å². The van der Waals surface area contributed by atoms with Crippen molar-refractivity contribution in [2.75, 3.05) is 30.3 Å². The molecular weight excluding hydrogens is 704 g/mol.